The Bertz CT molecular complexity index is 1150. The van der Waals surface area contributed by atoms with Crippen LogP contribution < -0.4 is 0 Å². The first-order chi connectivity index (χ1) is 15.7. The maximum atomic E-state index is 5.02. The number of allylic oxidation sites excluding steroid dienone is 1. The van der Waals surface area contributed by atoms with Gasteiger partial charge in [-0.3, -0.25) is 9.97 Å². The van der Waals surface area contributed by atoms with Crippen LogP contribution in [-0.4, -0.2) is 45.9 Å². The Morgan fingerprint density at radius 3 is 2.47 bits per heavy atom. The lowest BCUT2D eigenvalue weighted by Crippen LogP contribution is -2.47. The van der Waals surface area contributed by atoms with E-state index in [1.807, 2.05) is 43.7 Å². The van der Waals surface area contributed by atoms with Crippen LogP contribution in [0, 0.1) is 0 Å². The number of aromatic nitrogens is 2. The fourth-order valence-corrected chi connectivity index (χ4v) is 4.46. The Morgan fingerprint density at radius 2 is 1.72 bits per heavy atom. The number of aliphatic imine (C=N–C) groups is 1. The number of guanidine groups is 1. The van der Waals surface area contributed by atoms with E-state index >= 15 is 0 Å². The second kappa shape index (κ2) is 8.79. The minimum Gasteiger partial charge on any atom is -0.342 e. The van der Waals surface area contributed by atoms with Gasteiger partial charge >= 0.3 is 0 Å². The SMILES string of the molecule is C=C1C=C(c2ccncc2)N=C(N2CCCC(c3ccc(-c4cccnc4)cc3)C2)N1C. The van der Waals surface area contributed by atoms with Gasteiger partial charge in [-0.2, -0.15) is 0 Å². The summed E-state index contributed by atoms with van der Waals surface area (Å²) in [6, 6.07) is 17.0. The van der Waals surface area contributed by atoms with Crippen molar-refractivity contribution in [3.05, 3.63) is 103 Å². The Morgan fingerprint density at radius 1 is 0.906 bits per heavy atom. The third kappa shape index (κ3) is 4.06. The van der Waals surface area contributed by atoms with E-state index in [2.05, 4.69) is 56.7 Å². The van der Waals surface area contributed by atoms with Gasteiger partial charge in [-0.1, -0.05) is 36.9 Å². The monoisotopic (exact) mass is 421 g/mol. The molecule has 1 saturated heterocycles. The molecule has 0 amide bonds. The Kier molecular flexibility index (Phi) is 5.55. The third-order valence-electron chi connectivity index (χ3n) is 6.31. The van der Waals surface area contributed by atoms with E-state index in [1.165, 1.54) is 17.5 Å². The predicted molar refractivity (Wildman–Crippen MR) is 130 cm³/mol. The van der Waals surface area contributed by atoms with Crippen LogP contribution in [0.4, 0.5) is 0 Å². The van der Waals surface area contributed by atoms with Crippen LogP contribution >= 0.6 is 0 Å². The molecule has 1 unspecified atom stereocenters. The number of likely N-dealkylation sites (tertiary alicyclic amines) is 1. The molecule has 0 aliphatic carbocycles. The standard InChI is InChI=1S/C27H27N5/c1-20-17-26(23-11-14-28-15-12-23)30-27(31(20)2)32-16-4-6-25(19-32)22-9-7-21(8-10-22)24-5-3-13-29-18-24/h3,5,7-15,17-18,25H,1,4,6,16,19H2,2H3. The quantitative estimate of drug-likeness (QED) is 0.585. The first-order valence-electron chi connectivity index (χ1n) is 11.1. The highest BCUT2D eigenvalue weighted by molar-refractivity contribution is 5.91. The zero-order valence-electron chi connectivity index (χ0n) is 18.4. The highest BCUT2D eigenvalue weighted by Gasteiger charge is 2.28. The molecule has 0 N–H and O–H groups in total. The van der Waals surface area contributed by atoms with Crippen molar-refractivity contribution < 1.29 is 0 Å². The lowest BCUT2D eigenvalue weighted by atomic mass is 9.89. The number of benzene rings is 1. The highest BCUT2D eigenvalue weighted by atomic mass is 15.4. The summed E-state index contributed by atoms with van der Waals surface area (Å²) in [6.45, 7) is 6.21. The maximum Gasteiger partial charge on any atom is 0.206 e. The van der Waals surface area contributed by atoms with Crippen LogP contribution in [0.5, 0.6) is 0 Å². The van der Waals surface area contributed by atoms with Crippen molar-refractivity contribution >= 4 is 11.7 Å². The molecule has 0 bridgehead atoms. The minimum absolute atomic E-state index is 0.478. The summed E-state index contributed by atoms with van der Waals surface area (Å²) >= 11 is 0. The molecule has 0 spiro atoms. The smallest absolute Gasteiger partial charge is 0.206 e. The van der Waals surface area contributed by atoms with E-state index in [1.54, 1.807) is 12.4 Å². The molecule has 5 rings (SSSR count). The lowest BCUT2D eigenvalue weighted by molar-refractivity contribution is 0.284. The van der Waals surface area contributed by atoms with Crippen molar-refractivity contribution in [3.63, 3.8) is 0 Å². The number of likely N-dealkylation sites (N-methyl/N-ethyl adjacent to an activating group) is 1. The average molecular weight is 422 g/mol. The molecule has 0 radical (unpaired) electrons. The fourth-order valence-electron chi connectivity index (χ4n) is 4.46. The van der Waals surface area contributed by atoms with Gasteiger partial charge in [0.05, 0.1) is 5.70 Å². The van der Waals surface area contributed by atoms with Gasteiger partial charge in [0.25, 0.3) is 0 Å². The van der Waals surface area contributed by atoms with Crippen molar-refractivity contribution in [2.24, 2.45) is 4.99 Å². The molecule has 3 aromatic rings. The topological polar surface area (TPSA) is 44.6 Å². The van der Waals surface area contributed by atoms with E-state index in [4.69, 9.17) is 4.99 Å². The van der Waals surface area contributed by atoms with E-state index < -0.39 is 0 Å². The summed E-state index contributed by atoms with van der Waals surface area (Å²) in [5.41, 5.74) is 6.68. The fraction of sp³-hybridized carbons (Fsp3) is 0.222. The van der Waals surface area contributed by atoms with Gasteiger partial charge in [0.1, 0.15) is 0 Å². The molecule has 160 valence electrons. The number of hydrogen-bond acceptors (Lipinski definition) is 5. The molecular weight excluding hydrogens is 394 g/mol. The summed E-state index contributed by atoms with van der Waals surface area (Å²) in [5, 5.41) is 0. The first kappa shape index (κ1) is 20.2. The number of rotatable bonds is 3. The van der Waals surface area contributed by atoms with Crippen LogP contribution in [0.15, 0.2) is 96.7 Å². The molecule has 32 heavy (non-hydrogen) atoms. The zero-order chi connectivity index (χ0) is 21.9. The van der Waals surface area contributed by atoms with Crippen molar-refractivity contribution in [1.82, 2.24) is 19.8 Å². The van der Waals surface area contributed by atoms with Crippen molar-refractivity contribution in [2.45, 2.75) is 18.8 Å². The molecule has 1 fully saturated rings. The molecule has 2 aliphatic heterocycles. The summed E-state index contributed by atoms with van der Waals surface area (Å²) in [7, 11) is 2.05. The molecule has 5 heteroatoms. The minimum atomic E-state index is 0.478. The predicted octanol–water partition coefficient (Wildman–Crippen LogP) is 5.18. The van der Waals surface area contributed by atoms with Gasteiger partial charge in [-0.25, -0.2) is 4.99 Å². The van der Waals surface area contributed by atoms with E-state index in [9.17, 15) is 0 Å². The molecule has 0 saturated carbocycles. The maximum absolute atomic E-state index is 5.02. The molecule has 1 aromatic carbocycles. The summed E-state index contributed by atoms with van der Waals surface area (Å²) in [5.74, 6) is 1.45. The first-order valence-corrected chi connectivity index (χ1v) is 11.1. The Hall–Kier alpha value is -3.73. The van der Waals surface area contributed by atoms with Gasteiger partial charge in [-0.05, 0) is 53.8 Å². The molecule has 4 heterocycles. The van der Waals surface area contributed by atoms with Crippen molar-refractivity contribution in [2.75, 3.05) is 20.1 Å². The van der Waals surface area contributed by atoms with Crippen LogP contribution in [0.2, 0.25) is 0 Å². The van der Waals surface area contributed by atoms with Gasteiger partial charge < -0.3 is 9.80 Å². The number of piperidine rings is 1. The van der Waals surface area contributed by atoms with Crippen LogP contribution in [-0.2, 0) is 0 Å². The van der Waals surface area contributed by atoms with Crippen LogP contribution in [0.3, 0.4) is 0 Å². The van der Waals surface area contributed by atoms with Crippen LogP contribution in [0.1, 0.15) is 29.9 Å². The van der Waals surface area contributed by atoms with Gasteiger partial charge in [-0.15, -0.1) is 0 Å². The second-order valence-corrected chi connectivity index (χ2v) is 8.38. The van der Waals surface area contributed by atoms with Crippen LogP contribution in [0.25, 0.3) is 16.8 Å². The number of hydrogen-bond donors (Lipinski definition) is 0. The normalized spacial score (nSPS) is 18.9. The summed E-state index contributed by atoms with van der Waals surface area (Å²) < 4.78 is 0. The molecule has 1 atom stereocenters. The number of nitrogens with zero attached hydrogens (tertiary/aromatic N) is 5. The summed E-state index contributed by atoms with van der Waals surface area (Å²) in [4.78, 5) is 17.9. The van der Waals surface area contributed by atoms with Gasteiger partial charge in [0.2, 0.25) is 5.96 Å². The zero-order valence-corrected chi connectivity index (χ0v) is 18.4. The van der Waals surface area contributed by atoms with Crippen molar-refractivity contribution in [3.8, 4) is 11.1 Å². The third-order valence-corrected chi connectivity index (χ3v) is 6.31. The molecule has 2 aromatic heterocycles. The van der Waals surface area contributed by atoms with E-state index in [0.717, 1.165) is 48.0 Å². The largest absolute Gasteiger partial charge is 0.342 e. The lowest BCUT2D eigenvalue weighted by Gasteiger charge is -2.39. The van der Waals surface area contributed by atoms with Gasteiger partial charge in [0.15, 0.2) is 0 Å². The van der Waals surface area contributed by atoms with E-state index in [-0.39, 0.29) is 0 Å². The molecule has 5 nitrogen and oxygen atoms in total. The van der Waals surface area contributed by atoms with Gasteiger partial charge in [0, 0.05) is 62.1 Å². The Labute approximate surface area is 189 Å². The highest BCUT2D eigenvalue weighted by Crippen LogP contribution is 2.31. The summed E-state index contributed by atoms with van der Waals surface area (Å²) in [6.07, 6.45) is 11.7. The van der Waals surface area contributed by atoms with Crippen molar-refractivity contribution in [1.29, 1.82) is 0 Å². The molecule has 2 aliphatic rings. The number of pyridine rings is 2. The molecular formula is C27H27N5. The van der Waals surface area contributed by atoms with E-state index in [0.29, 0.717) is 5.92 Å². The second-order valence-electron chi connectivity index (χ2n) is 8.38. The Balaban J connectivity index is 1.37. The average Bonchev–Trinajstić information content (AvgIpc) is 2.87.